The summed E-state index contributed by atoms with van der Waals surface area (Å²) in [7, 11) is 0. The Balaban J connectivity index is 1.76. The summed E-state index contributed by atoms with van der Waals surface area (Å²) in [6, 6.07) is 19.2. The molecular weight excluding hydrogens is 372 g/mol. The first-order chi connectivity index (χ1) is 13.9. The third-order valence-corrected chi connectivity index (χ3v) is 4.20. The smallest absolute Gasteiger partial charge is 0.316 e. The predicted octanol–water partition coefficient (Wildman–Crippen LogP) is 3.93. The number of hydrogen-bond acceptors (Lipinski definition) is 5. The van der Waals surface area contributed by atoms with E-state index in [1.807, 2.05) is 0 Å². The summed E-state index contributed by atoms with van der Waals surface area (Å²) < 4.78 is 0. The van der Waals surface area contributed by atoms with E-state index in [2.05, 4.69) is 10.6 Å². The van der Waals surface area contributed by atoms with Gasteiger partial charge in [0, 0.05) is 29.4 Å². The molecule has 2 amide bonds. The molecule has 29 heavy (non-hydrogen) atoms. The Morgan fingerprint density at radius 3 is 2.24 bits per heavy atom. The molecule has 3 rings (SSSR count). The van der Waals surface area contributed by atoms with Gasteiger partial charge in [-0.15, -0.1) is 0 Å². The molecule has 0 heterocycles. The molecule has 0 unspecified atom stereocenters. The molecule has 3 aromatic carbocycles. The molecular formula is C21H18N4O4. The predicted molar refractivity (Wildman–Crippen MR) is 110 cm³/mol. The zero-order valence-corrected chi connectivity index (χ0v) is 15.3. The van der Waals surface area contributed by atoms with Gasteiger partial charge in [-0.2, -0.15) is 0 Å². The molecule has 3 aromatic rings. The number of nitro groups is 1. The minimum Gasteiger partial charge on any atom is -0.375 e. The fraction of sp³-hybridized carbons (Fsp3) is 0.0476. The normalized spacial score (nSPS) is 10.2. The van der Waals surface area contributed by atoms with Crippen LogP contribution in [0.15, 0.2) is 72.8 Å². The summed E-state index contributed by atoms with van der Waals surface area (Å²) in [5.74, 6) is -0.280. The molecule has 8 heteroatoms. The van der Waals surface area contributed by atoms with Crippen LogP contribution >= 0.6 is 0 Å². The summed E-state index contributed by atoms with van der Waals surface area (Å²) in [5, 5.41) is 17.0. The Labute approximate surface area is 166 Å². The van der Waals surface area contributed by atoms with Crippen molar-refractivity contribution in [3.05, 3.63) is 99.6 Å². The number of carbonyl (C=O) groups is 2. The van der Waals surface area contributed by atoms with Crippen molar-refractivity contribution in [1.29, 1.82) is 0 Å². The van der Waals surface area contributed by atoms with Crippen LogP contribution < -0.4 is 16.4 Å². The molecule has 0 radical (unpaired) electrons. The molecule has 0 saturated carbocycles. The average Bonchev–Trinajstić information content (AvgIpc) is 2.73. The quantitative estimate of drug-likeness (QED) is 0.320. The van der Waals surface area contributed by atoms with Gasteiger partial charge in [0.25, 0.3) is 5.69 Å². The number of nitrogens with one attached hydrogen (secondary N) is 2. The van der Waals surface area contributed by atoms with Gasteiger partial charge in [-0.1, -0.05) is 42.5 Å². The van der Waals surface area contributed by atoms with Gasteiger partial charge in [0.05, 0.1) is 4.92 Å². The van der Waals surface area contributed by atoms with Crippen LogP contribution in [-0.2, 0) is 6.54 Å². The number of primary amides is 1. The highest BCUT2D eigenvalue weighted by Crippen LogP contribution is 2.27. The third-order valence-electron chi connectivity index (χ3n) is 4.20. The van der Waals surface area contributed by atoms with E-state index in [4.69, 9.17) is 5.73 Å². The highest BCUT2D eigenvalue weighted by molar-refractivity contribution is 6.09. The topological polar surface area (TPSA) is 127 Å². The van der Waals surface area contributed by atoms with Crippen molar-refractivity contribution in [3.63, 3.8) is 0 Å². The number of ketones is 1. The Bertz CT molecular complexity index is 1050. The van der Waals surface area contributed by atoms with Crippen LogP contribution in [0.2, 0.25) is 0 Å². The Morgan fingerprint density at radius 1 is 0.931 bits per heavy atom. The number of nitrogens with zero attached hydrogens (tertiary/aromatic N) is 1. The molecule has 0 aliphatic heterocycles. The largest absolute Gasteiger partial charge is 0.375 e. The number of rotatable bonds is 7. The van der Waals surface area contributed by atoms with E-state index in [0.29, 0.717) is 23.5 Å². The van der Waals surface area contributed by atoms with Crippen molar-refractivity contribution >= 4 is 28.9 Å². The maximum Gasteiger partial charge on any atom is 0.316 e. The van der Waals surface area contributed by atoms with Gasteiger partial charge in [0.15, 0.2) is 5.78 Å². The summed E-state index contributed by atoms with van der Waals surface area (Å²) >= 11 is 0. The zero-order chi connectivity index (χ0) is 20.8. The molecule has 0 aromatic heterocycles. The first kappa shape index (κ1) is 19.6. The Morgan fingerprint density at radius 2 is 1.62 bits per heavy atom. The van der Waals surface area contributed by atoms with Gasteiger partial charge >= 0.3 is 6.03 Å². The number of nitro benzene ring substituents is 1. The number of nitrogens with two attached hydrogens (primary N) is 1. The Kier molecular flexibility index (Phi) is 5.84. The molecule has 0 aliphatic rings. The van der Waals surface area contributed by atoms with Crippen molar-refractivity contribution in [2.24, 2.45) is 5.73 Å². The van der Waals surface area contributed by atoms with Crippen LogP contribution in [0.5, 0.6) is 0 Å². The van der Waals surface area contributed by atoms with Crippen molar-refractivity contribution in [2.75, 3.05) is 10.6 Å². The third kappa shape index (κ3) is 4.95. The van der Waals surface area contributed by atoms with Crippen LogP contribution in [-0.4, -0.2) is 16.7 Å². The average molecular weight is 390 g/mol. The lowest BCUT2D eigenvalue weighted by atomic mass is 10.0. The van der Waals surface area contributed by atoms with E-state index < -0.39 is 11.0 Å². The van der Waals surface area contributed by atoms with Gasteiger partial charge in [-0.05, 0) is 29.8 Å². The van der Waals surface area contributed by atoms with Gasteiger partial charge in [0.1, 0.15) is 5.69 Å². The number of benzene rings is 3. The monoisotopic (exact) mass is 390 g/mol. The first-order valence-electron chi connectivity index (χ1n) is 8.71. The van der Waals surface area contributed by atoms with Crippen molar-refractivity contribution in [3.8, 4) is 0 Å². The number of anilines is 2. The minimum atomic E-state index is -0.656. The maximum atomic E-state index is 12.5. The fourth-order valence-corrected chi connectivity index (χ4v) is 2.78. The molecule has 0 fully saturated rings. The number of carbonyl (C=O) groups excluding carboxylic acids is 2. The highest BCUT2D eigenvalue weighted by Gasteiger charge is 2.18. The number of urea groups is 1. The van der Waals surface area contributed by atoms with Crippen LogP contribution in [0.4, 0.5) is 21.9 Å². The van der Waals surface area contributed by atoms with E-state index in [-0.39, 0.29) is 17.0 Å². The van der Waals surface area contributed by atoms with E-state index in [1.165, 1.54) is 12.1 Å². The number of amides is 2. The highest BCUT2D eigenvalue weighted by atomic mass is 16.6. The van der Waals surface area contributed by atoms with Crippen molar-refractivity contribution < 1.29 is 14.5 Å². The molecule has 0 bridgehead atoms. The van der Waals surface area contributed by atoms with E-state index in [1.54, 1.807) is 60.7 Å². The standard InChI is InChI=1S/C21H18N4O4/c22-21(27)24-17-9-6-14(7-10-17)13-23-18-11-8-16(12-19(18)25(28)29)20(26)15-4-2-1-3-5-15/h1-12,23H,13H2,(H3,22,24,27). The lowest BCUT2D eigenvalue weighted by Crippen LogP contribution is -2.19. The van der Waals surface area contributed by atoms with Crippen molar-refractivity contribution in [1.82, 2.24) is 0 Å². The molecule has 8 nitrogen and oxygen atoms in total. The lowest BCUT2D eigenvalue weighted by Gasteiger charge is -2.10. The molecule has 0 atom stereocenters. The van der Waals surface area contributed by atoms with Crippen LogP contribution in [0, 0.1) is 10.1 Å². The SMILES string of the molecule is NC(=O)Nc1ccc(CNc2ccc(C(=O)c3ccccc3)cc2[N+](=O)[O-])cc1. The first-order valence-corrected chi connectivity index (χ1v) is 8.71. The fourth-order valence-electron chi connectivity index (χ4n) is 2.78. The van der Waals surface area contributed by atoms with Gasteiger partial charge in [-0.25, -0.2) is 4.79 Å². The zero-order valence-electron chi connectivity index (χ0n) is 15.3. The maximum absolute atomic E-state index is 12.5. The summed E-state index contributed by atoms with van der Waals surface area (Å²) in [6.07, 6.45) is 0. The summed E-state index contributed by atoms with van der Waals surface area (Å²) in [6.45, 7) is 0.323. The minimum absolute atomic E-state index is 0.182. The Hall–Kier alpha value is -4.20. The number of hydrogen-bond donors (Lipinski definition) is 3. The summed E-state index contributed by atoms with van der Waals surface area (Å²) in [5.41, 5.74) is 7.29. The van der Waals surface area contributed by atoms with Crippen LogP contribution in [0.1, 0.15) is 21.5 Å². The second kappa shape index (κ2) is 8.66. The molecule has 4 N–H and O–H groups in total. The molecule has 0 saturated heterocycles. The second-order valence-electron chi connectivity index (χ2n) is 6.22. The van der Waals surface area contributed by atoms with Gasteiger partial charge in [-0.3, -0.25) is 14.9 Å². The molecule has 0 spiro atoms. The van der Waals surface area contributed by atoms with E-state index >= 15 is 0 Å². The lowest BCUT2D eigenvalue weighted by molar-refractivity contribution is -0.384. The molecule has 0 aliphatic carbocycles. The van der Waals surface area contributed by atoms with Crippen molar-refractivity contribution in [2.45, 2.75) is 6.54 Å². The van der Waals surface area contributed by atoms with E-state index in [9.17, 15) is 19.7 Å². The van der Waals surface area contributed by atoms with Crippen LogP contribution in [0.25, 0.3) is 0 Å². The summed E-state index contributed by atoms with van der Waals surface area (Å²) in [4.78, 5) is 34.4. The van der Waals surface area contributed by atoms with Crippen LogP contribution in [0.3, 0.4) is 0 Å². The van der Waals surface area contributed by atoms with E-state index in [0.717, 1.165) is 5.56 Å². The van der Waals surface area contributed by atoms with Gasteiger partial charge in [0.2, 0.25) is 0 Å². The van der Waals surface area contributed by atoms with Gasteiger partial charge < -0.3 is 16.4 Å². The second-order valence-corrected chi connectivity index (χ2v) is 6.22. The molecule has 146 valence electrons.